The Morgan fingerprint density at radius 3 is 2.19 bits per heavy atom. The molecular weight excluding hydrogens is 284 g/mol. The number of hydrogen-bond acceptors (Lipinski definition) is 3. The van der Waals surface area contributed by atoms with Gasteiger partial charge in [0.05, 0.1) is 4.87 Å². The highest BCUT2D eigenvalue weighted by Crippen LogP contribution is 2.51. The average Bonchev–Trinajstić information content (AvgIpc) is 2.52. The molecule has 122 valence electrons. The highest BCUT2D eigenvalue weighted by atomic mass is 32.2. The van der Waals surface area contributed by atoms with E-state index in [1.165, 1.54) is 0 Å². The molecule has 0 spiro atoms. The lowest BCUT2D eigenvalue weighted by atomic mass is 9.98. The zero-order valence-corrected chi connectivity index (χ0v) is 15.3. The molecule has 1 heterocycles. The Balaban J connectivity index is 3.04. The Bertz CT molecular complexity index is 405. The maximum Gasteiger partial charge on any atom is 0.246 e. The van der Waals surface area contributed by atoms with Crippen molar-refractivity contribution < 1.29 is 9.59 Å². The summed E-state index contributed by atoms with van der Waals surface area (Å²) in [5, 5.41) is 0. The van der Waals surface area contributed by atoms with Crippen LogP contribution in [-0.4, -0.2) is 51.4 Å². The molecule has 1 rings (SSSR count). The van der Waals surface area contributed by atoms with Gasteiger partial charge in [0.1, 0.15) is 6.04 Å². The van der Waals surface area contributed by atoms with Crippen LogP contribution in [0, 0.1) is 0 Å². The van der Waals surface area contributed by atoms with Crippen LogP contribution in [0.1, 0.15) is 60.3 Å². The van der Waals surface area contributed by atoms with Gasteiger partial charge in [-0.3, -0.25) is 9.59 Å². The minimum Gasteiger partial charge on any atom is -0.347 e. The van der Waals surface area contributed by atoms with Crippen molar-refractivity contribution in [3.8, 4) is 0 Å². The van der Waals surface area contributed by atoms with Gasteiger partial charge in [-0.1, -0.05) is 19.8 Å². The summed E-state index contributed by atoms with van der Waals surface area (Å²) in [5.41, 5.74) is 0. The molecule has 4 nitrogen and oxygen atoms in total. The first-order valence-corrected chi connectivity index (χ1v) is 8.59. The zero-order chi connectivity index (χ0) is 16.4. The second-order valence-electron chi connectivity index (χ2n) is 7.01. The number of hydrogen-bond donors (Lipinski definition) is 0. The Morgan fingerprint density at radius 2 is 1.71 bits per heavy atom. The summed E-state index contributed by atoms with van der Waals surface area (Å²) >= 11 is 1.71. The fourth-order valence-corrected chi connectivity index (χ4v) is 5.02. The number of carbonyl (C=O) groups excluding carboxylic acids is 2. The van der Waals surface area contributed by atoms with Crippen molar-refractivity contribution in [3.05, 3.63) is 0 Å². The lowest BCUT2D eigenvalue weighted by molar-refractivity contribution is -0.147. The van der Waals surface area contributed by atoms with Gasteiger partial charge in [0.15, 0.2) is 0 Å². The second kappa shape index (κ2) is 6.59. The molecule has 0 aromatic carbocycles. The van der Waals surface area contributed by atoms with Crippen LogP contribution >= 0.6 is 11.8 Å². The molecule has 0 aromatic rings. The topological polar surface area (TPSA) is 40.6 Å². The third kappa shape index (κ3) is 3.93. The first-order chi connectivity index (χ1) is 9.54. The second-order valence-corrected chi connectivity index (χ2v) is 9.26. The van der Waals surface area contributed by atoms with Crippen molar-refractivity contribution in [2.24, 2.45) is 0 Å². The lowest BCUT2D eigenvalue weighted by Gasteiger charge is -2.36. The van der Waals surface area contributed by atoms with E-state index < -0.39 is 0 Å². The predicted molar refractivity (Wildman–Crippen MR) is 89.2 cm³/mol. The van der Waals surface area contributed by atoms with Crippen LogP contribution in [0.25, 0.3) is 0 Å². The van der Waals surface area contributed by atoms with Crippen LogP contribution in [0.2, 0.25) is 0 Å². The average molecular weight is 314 g/mol. The molecule has 21 heavy (non-hydrogen) atoms. The number of carbonyl (C=O) groups is 2. The number of unbranched alkanes of at least 4 members (excludes halogenated alkanes) is 2. The van der Waals surface area contributed by atoms with Crippen molar-refractivity contribution in [2.75, 3.05) is 14.1 Å². The SMILES string of the molecule is CCCCCC(=O)N1C(C(=O)N(C)C)C(C)(C)SC1(C)C. The minimum absolute atomic E-state index is 0.0157. The fourth-order valence-electron chi connectivity index (χ4n) is 3.11. The summed E-state index contributed by atoms with van der Waals surface area (Å²) in [4.78, 5) is 28.4. The summed E-state index contributed by atoms with van der Waals surface area (Å²) < 4.78 is -0.273. The van der Waals surface area contributed by atoms with Gasteiger partial charge in [0, 0.05) is 25.3 Å². The number of thioether (sulfide) groups is 1. The number of rotatable bonds is 5. The predicted octanol–water partition coefficient (Wildman–Crippen LogP) is 3.11. The molecule has 0 radical (unpaired) electrons. The third-order valence-electron chi connectivity index (χ3n) is 3.95. The molecule has 0 aliphatic carbocycles. The molecule has 5 heteroatoms. The molecular formula is C16H30N2O2S. The monoisotopic (exact) mass is 314 g/mol. The number of likely N-dealkylation sites (N-methyl/N-ethyl adjacent to an activating group) is 1. The number of amides is 2. The van der Waals surface area contributed by atoms with Gasteiger partial charge in [-0.05, 0) is 34.1 Å². The first kappa shape index (κ1) is 18.3. The summed E-state index contributed by atoms with van der Waals surface area (Å²) in [6.07, 6.45) is 3.58. The van der Waals surface area contributed by atoms with E-state index >= 15 is 0 Å². The fraction of sp³-hybridized carbons (Fsp3) is 0.875. The number of nitrogens with zero attached hydrogens (tertiary/aromatic N) is 2. The maximum absolute atomic E-state index is 12.7. The minimum atomic E-state index is -0.387. The molecule has 1 atom stereocenters. The van der Waals surface area contributed by atoms with E-state index in [1.807, 2.05) is 18.7 Å². The van der Waals surface area contributed by atoms with Crippen molar-refractivity contribution >= 4 is 23.6 Å². The van der Waals surface area contributed by atoms with Crippen LogP contribution in [0.3, 0.4) is 0 Å². The summed E-state index contributed by atoms with van der Waals surface area (Å²) in [6, 6.07) is -0.387. The quantitative estimate of drug-likeness (QED) is 0.732. The molecule has 1 unspecified atom stereocenters. The largest absolute Gasteiger partial charge is 0.347 e. The van der Waals surface area contributed by atoms with Crippen molar-refractivity contribution in [1.82, 2.24) is 9.80 Å². The van der Waals surface area contributed by atoms with Gasteiger partial charge >= 0.3 is 0 Å². The van der Waals surface area contributed by atoms with Gasteiger partial charge in [-0.15, -0.1) is 11.8 Å². The third-order valence-corrected chi connectivity index (χ3v) is 5.39. The van der Waals surface area contributed by atoms with Crippen molar-refractivity contribution in [3.63, 3.8) is 0 Å². The van der Waals surface area contributed by atoms with Crippen molar-refractivity contribution in [1.29, 1.82) is 0 Å². The van der Waals surface area contributed by atoms with E-state index in [0.717, 1.165) is 19.3 Å². The maximum atomic E-state index is 12.7. The highest BCUT2D eigenvalue weighted by molar-refractivity contribution is 8.02. The van der Waals surface area contributed by atoms with Crippen LogP contribution in [0.5, 0.6) is 0 Å². The van der Waals surface area contributed by atoms with Crippen LogP contribution in [-0.2, 0) is 9.59 Å². The van der Waals surface area contributed by atoms with Crippen LogP contribution < -0.4 is 0 Å². The molecule has 0 aromatic heterocycles. The van der Waals surface area contributed by atoms with Gasteiger partial charge in [0.2, 0.25) is 11.8 Å². The van der Waals surface area contributed by atoms with E-state index in [1.54, 1.807) is 30.8 Å². The molecule has 0 saturated carbocycles. The molecule has 1 saturated heterocycles. The smallest absolute Gasteiger partial charge is 0.246 e. The van der Waals surface area contributed by atoms with Gasteiger partial charge in [0.25, 0.3) is 0 Å². The van der Waals surface area contributed by atoms with Gasteiger partial charge in [-0.2, -0.15) is 0 Å². The Hall–Kier alpha value is -0.710. The highest BCUT2D eigenvalue weighted by Gasteiger charge is 2.56. The van der Waals surface area contributed by atoms with E-state index in [4.69, 9.17) is 0 Å². The summed E-state index contributed by atoms with van der Waals surface area (Å²) in [7, 11) is 3.52. The van der Waals surface area contributed by atoms with E-state index in [0.29, 0.717) is 6.42 Å². The van der Waals surface area contributed by atoms with Crippen LogP contribution in [0.15, 0.2) is 0 Å². The standard InChI is InChI=1S/C16H30N2O2S/c1-8-9-10-11-12(19)18-13(14(20)17(6)7)15(2,3)21-16(18,4)5/h13H,8-11H2,1-7H3. The van der Waals surface area contributed by atoms with Gasteiger partial charge < -0.3 is 9.80 Å². The molecule has 1 aliphatic heterocycles. The van der Waals surface area contributed by atoms with Crippen molar-refractivity contribution in [2.45, 2.75) is 76.0 Å². The van der Waals surface area contributed by atoms with E-state index in [-0.39, 0.29) is 27.5 Å². The molecule has 0 N–H and O–H groups in total. The Labute approximate surface area is 133 Å². The Kier molecular flexibility index (Phi) is 5.76. The molecule has 2 amide bonds. The molecule has 0 bridgehead atoms. The lowest BCUT2D eigenvalue weighted by Crippen LogP contribution is -2.56. The van der Waals surface area contributed by atoms with E-state index in [2.05, 4.69) is 20.8 Å². The normalized spacial score (nSPS) is 23.2. The Morgan fingerprint density at radius 1 is 1.14 bits per heavy atom. The summed E-state index contributed by atoms with van der Waals surface area (Å²) in [5.74, 6) is 0.119. The molecule has 1 aliphatic rings. The molecule has 1 fully saturated rings. The first-order valence-electron chi connectivity index (χ1n) is 7.78. The van der Waals surface area contributed by atoms with Gasteiger partial charge in [-0.25, -0.2) is 0 Å². The van der Waals surface area contributed by atoms with E-state index in [9.17, 15) is 9.59 Å². The summed E-state index contributed by atoms with van der Waals surface area (Å²) in [6.45, 7) is 10.3. The zero-order valence-electron chi connectivity index (χ0n) is 14.5. The van der Waals surface area contributed by atoms with Crippen LogP contribution in [0.4, 0.5) is 0 Å².